The van der Waals surface area contributed by atoms with Gasteiger partial charge in [0.15, 0.2) is 0 Å². The molecule has 0 aliphatic carbocycles. The Labute approximate surface area is 102 Å². The molecule has 2 rings (SSSR count). The van der Waals surface area contributed by atoms with Gasteiger partial charge in [0.25, 0.3) is 0 Å². The molecule has 4 heteroatoms. The van der Waals surface area contributed by atoms with Gasteiger partial charge in [-0.15, -0.1) is 0 Å². The standard InChI is InChI=1S/C12H10BrFN2/c1-8-2-3-10(13)11(6-8)16-9-4-5-15-12(14)7-9/h2-7H,1H3,(H,15,16). The molecule has 1 heterocycles. The zero-order valence-corrected chi connectivity index (χ0v) is 10.3. The van der Waals surface area contributed by atoms with Crippen LogP contribution in [0.5, 0.6) is 0 Å². The molecule has 16 heavy (non-hydrogen) atoms. The summed E-state index contributed by atoms with van der Waals surface area (Å²) in [5, 5.41) is 3.13. The molecule has 1 aromatic carbocycles. The lowest BCUT2D eigenvalue weighted by atomic mass is 10.2. The minimum absolute atomic E-state index is 0.492. The van der Waals surface area contributed by atoms with Gasteiger partial charge in [-0.1, -0.05) is 6.07 Å². The lowest BCUT2D eigenvalue weighted by Crippen LogP contribution is -1.93. The van der Waals surface area contributed by atoms with Gasteiger partial charge >= 0.3 is 0 Å². The summed E-state index contributed by atoms with van der Waals surface area (Å²) in [5.41, 5.74) is 2.73. The zero-order chi connectivity index (χ0) is 11.5. The highest BCUT2D eigenvalue weighted by atomic mass is 79.9. The maximum atomic E-state index is 12.9. The molecule has 0 bridgehead atoms. The lowest BCUT2D eigenvalue weighted by molar-refractivity contribution is 0.584. The van der Waals surface area contributed by atoms with E-state index in [2.05, 4.69) is 26.2 Å². The van der Waals surface area contributed by atoms with Crippen molar-refractivity contribution in [3.05, 3.63) is 52.5 Å². The van der Waals surface area contributed by atoms with Crippen molar-refractivity contribution in [2.24, 2.45) is 0 Å². The number of pyridine rings is 1. The average Bonchev–Trinajstić information content (AvgIpc) is 2.24. The van der Waals surface area contributed by atoms with Crippen molar-refractivity contribution in [3.8, 4) is 0 Å². The van der Waals surface area contributed by atoms with Crippen LogP contribution >= 0.6 is 15.9 Å². The molecule has 2 nitrogen and oxygen atoms in total. The fourth-order valence-electron chi connectivity index (χ4n) is 1.37. The molecule has 0 amide bonds. The summed E-state index contributed by atoms with van der Waals surface area (Å²) in [7, 11) is 0. The Kier molecular flexibility index (Phi) is 3.19. The maximum absolute atomic E-state index is 12.9. The number of hydrogen-bond acceptors (Lipinski definition) is 2. The zero-order valence-electron chi connectivity index (χ0n) is 8.67. The second-order valence-electron chi connectivity index (χ2n) is 3.48. The molecule has 1 N–H and O–H groups in total. The van der Waals surface area contributed by atoms with E-state index in [1.165, 1.54) is 12.3 Å². The lowest BCUT2D eigenvalue weighted by Gasteiger charge is -2.09. The predicted octanol–water partition coefficient (Wildman–Crippen LogP) is 4.04. The highest BCUT2D eigenvalue weighted by Crippen LogP contribution is 2.26. The number of hydrogen-bond donors (Lipinski definition) is 1. The van der Waals surface area contributed by atoms with Gasteiger partial charge in [-0.2, -0.15) is 4.39 Å². The van der Waals surface area contributed by atoms with E-state index in [1.54, 1.807) is 6.07 Å². The largest absolute Gasteiger partial charge is 0.354 e. The predicted molar refractivity (Wildman–Crippen MR) is 66.4 cm³/mol. The van der Waals surface area contributed by atoms with Crippen LogP contribution in [0.2, 0.25) is 0 Å². The van der Waals surface area contributed by atoms with Gasteiger partial charge in [-0.25, -0.2) is 4.98 Å². The van der Waals surface area contributed by atoms with Gasteiger partial charge in [-0.05, 0) is 46.6 Å². The van der Waals surface area contributed by atoms with Crippen LogP contribution < -0.4 is 5.32 Å². The van der Waals surface area contributed by atoms with Crippen LogP contribution in [0.3, 0.4) is 0 Å². The second kappa shape index (κ2) is 4.61. The van der Waals surface area contributed by atoms with Crippen molar-refractivity contribution in [1.29, 1.82) is 0 Å². The van der Waals surface area contributed by atoms with E-state index in [0.717, 1.165) is 15.7 Å². The summed E-state index contributed by atoms with van der Waals surface area (Å²) in [6.45, 7) is 2.00. The SMILES string of the molecule is Cc1ccc(Br)c(Nc2ccnc(F)c2)c1. The quantitative estimate of drug-likeness (QED) is 0.840. The molecule has 0 saturated carbocycles. The molecule has 0 fully saturated rings. The number of halogens is 2. The van der Waals surface area contributed by atoms with Crippen LogP contribution in [0.4, 0.5) is 15.8 Å². The molecule has 0 radical (unpaired) electrons. The van der Waals surface area contributed by atoms with Crippen molar-refractivity contribution in [2.75, 3.05) is 5.32 Å². The monoisotopic (exact) mass is 280 g/mol. The Morgan fingerprint density at radius 2 is 2.06 bits per heavy atom. The number of anilines is 2. The minimum atomic E-state index is -0.492. The average molecular weight is 281 g/mol. The van der Waals surface area contributed by atoms with E-state index >= 15 is 0 Å². The topological polar surface area (TPSA) is 24.9 Å². The second-order valence-corrected chi connectivity index (χ2v) is 4.33. The first-order chi connectivity index (χ1) is 7.65. The van der Waals surface area contributed by atoms with Crippen molar-refractivity contribution in [3.63, 3.8) is 0 Å². The molecule has 0 unspecified atom stereocenters. The first-order valence-corrected chi connectivity index (χ1v) is 5.59. The number of nitrogens with zero attached hydrogens (tertiary/aromatic N) is 1. The van der Waals surface area contributed by atoms with E-state index in [9.17, 15) is 4.39 Å². The molecule has 2 aromatic rings. The number of aryl methyl sites for hydroxylation is 1. The highest BCUT2D eigenvalue weighted by molar-refractivity contribution is 9.10. The molecule has 0 spiro atoms. The minimum Gasteiger partial charge on any atom is -0.354 e. The molecule has 0 aliphatic rings. The number of rotatable bonds is 2. The molecule has 1 aromatic heterocycles. The highest BCUT2D eigenvalue weighted by Gasteiger charge is 2.01. The fraction of sp³-hybridized carbons (Fsp3) is 0.0833. The summed E-state index contributed by atoms with van der Waals surface area (Å²) in [6, 6.07) is 9.02. The Bertz CT molecular complexity index is 514. The van der Waals surface area contributed by atoms with Gasteiger partial charge < -0.3 is 5.32 Å². The van der Waals surface area contributed by atoms with E-state index in [1.807, 2.05) is 25.1 Å². The van der Waals surface area contributed by atoms with Crippen molar-refractivity contribution in [2.45, 2.75) is 6.92 Å². The number of aromatic nitrogens is 1. The third-order valence-electron chi connectivity index (χ3n) is 2.13. The fourth-order valence-corrected chi connectivity index (χ4v) is 1.72. The summed E-state index contributed by atoms with van der Waals surface area (Å²) >= 11 is 3.43. The molecule has 82 valence electrons. The van der Waals surface area contributed by atoms with E-state index in [0.29, 0.717) is 5.69 Å². The molecule has 0 saturated heterocycles. The normalized spacial score (nSPS) is 10.2. The van der Waals surface area contributed by atoms with Crippen LogP contribution in [0.25, 0.3) is 0 Å². The Morgan fingerprint density at radius 3 is 2.81 bits per heavy atom. The number of benzene rings is 1. The van der Waals surface area contributed by atoms with Gasteiger partial charge in [0.2, 0.25) is 5.95 Å². The van der Waals surface area contributed by atoms with Gasteiger partial charge in [0.05, 0.1) is 5.69 Å². The smallest absolute Gasteiger partial charge is 0.214 e. The number of nitrogens with one attached hydrogen (secondary N) is 1. The van der Waals surface area contributed by atoms with Crippen molar-refractivity contribution >= 4 is 27.3 Å². The Morgan fingerprint density at radius 1 is 1.25 bits per heavy atom. The van der Waals surface area contributed by atoms with E-state index in [-0.39, 0.29) is 0 Å². The summed E-state index contributed by atoms with van der Waals surface area (Å²) in [4.78, 5) is 3.50. The maximum Gasteiger partial charge on any atom is 0.214 e. The van der Waals surface area contributed by atoms with Gasteiger partial charge in [0.1, 0.15) is 0 Å². The van der Waals surface area contributed by atoms with Crippen LogP contribution in [0, 0.1) is 12.9 Å². The van der Waals surface area contributed by atoms with E-state index in [4.69, 9.17) is 0 Å². The Balaban J connectivity index is 2.30. The van der Waals surface area contributed by atoms with Gasteiger partial charge in [-0.3, -0.25) is 0 Å². The molecule has 0 atom stereocenters. The third kappa shape index (κ3) is 2.58. The molecule has 0 aliphatic heterocycles. The van der Waals surface area contributed by atoms with Crippen LogP contribution in [0.15, 0.2) is 41.0 Å². The van der Waals surface area contributed by atoms with E-state index < -0.39 is 5.95 Å². The van der Waals surface area contributed by atoms with Crippen molar-refractivity contribution in [1.82, 2.24) is 4.98 Å². The van der Waals surface area contributed by atoms with Gasteiger partial charge in [0, 0.05) is 22.4 Å². The molecular weight excluding hydrogens is 271 g/mol. The first kappa shape index (κ1) is 11.1. The summed E-state index contributed by atoms with van der Waals surface area (Å²) < 4.78 is 13.8. The Hall–Kier alpha value is -1.42. The van der Waals surface area contributed by atoms with Crippen LogP contribution in [-0.4, -0.2) is 4.98 Å². The summed E-state index contributed by atoms with van der Waals surface area (Å²) in [6.07, 6.45) is 1.43. The molecular formula is C12H10BrFN2. The van der Waals surface area contributed by atoms with Crippen LogP contribution in [0.1, 0.15) is 5.56 Å². The van der Waals surface area contributed by atoms with Crippen molar-refractivity contribution < 1.29 is 4.39 Å². The van der Waals surface area contributed by atoms with Crippen LogP contribution in [-0.2, 0) is 0 Å². The first-order valence-electron chi connectivity index (χ1n) is 4.80. The third-order valence-corrected chi connectivity index (χ3v) is 2.82. The summed E-state index contributed by atoms with van der Waals surface area (Å²) in [5.74, 6) is -0.492.